The summed E-state index contributed by atoms with van der Waals surface area (Å²) in [6, 6.07) is 0. The average Bonchev–Trinajstić information content (AvgIpc) is 3.08. The van der Waals surface area contributed by atoms with Crippen molar-refractivity contribution in [3.8, 4) is 0 Å². The first-order valence-corrected chi connectivity index (χ1v) is 14.6. The van der Waals surface area contributed by atoms with Crippen LogP contribution in [0.3, 0.4) is 0 Å². The summed E-state index contributed by atoms with van der Waals surface area (Å²) in [5.41, 5.74) is 2.26. The van der Waals surface area contributed by atoms with Crippen molar-refractivity contribution in [1.29, 1.82) is 0 Å². The van der Waals surface area contributed by atoms with E-state index in [1.165, 1.54) is 30.4 Å². The van der Waals surface area contributed by atoms with Crippen LogP contribution in [0.2, 0.25) is 0 Å². The molecule has 0 aromatic rings. The average molecular weight is 524 g/mol. The summed E-state index contributed by atoms with van der Waals surface area (Å²) in [6.07, 6.45) is 11.7. The van der Waals surface area contributed by atoms with Gasteiger partial charge < -0.3 is 14.2 Å². The lowest BCUT2D eigenvalue weighted by molar-refractivity contribution is -0.154. The van der Waals surface area contributed by atoms with Crippen molar-refractivity contribution in [1.82, 2.24) is 4.90 Å². The Morgan fingerprint density at radius 3 is 2.53 bits per heavy atom. The van der Waals surface area contributed by atoms with E-state index < -0.39 is 16.4 Å². The third-order valence-electron chi connectivity index (χ3n) is 10.2. The molecule has 0 spiro atoms. The highest BCUT2D eigenvalue weighted by Gasteiger charge is 2.61. The van der Waals surface area contributed by atoms with Crippen LogP contribution in [0.1, 0.15) is 85.5 Å². The number of rotatable bonds is 7. The molecule has 8 nitrogen and oxygen atoms in total. The molecule has 2 N–H and O–H groups in total. The Balaban J connectivity index is 1.61. The first kappa shape index (κ1) is 27.2. The summed E-state index contributed by atoms with van der Waals surface area (Å²) < 4.78 is 36.7. The molecule has 36 heavy (non-hydrogen) atoms. The molecule has 0 saturated heterocycles. The normalized spacial score (nSPS) is 37.3. The van der Waals surface area contributed by atoms with Gasteiger partial charge in [0.05, 0.1) is 0 Å². The molecule has 4 aliphatic rings. The van der Waals surface area contributed by atoms with Gasteiger partial charge in [-0.25, -0.2) is 0 Å². The van der Waals surface area contributed by atoms with Crippen LogP contribution in [-0.2, 0) is 24.2 Å². The minimum absolute atomic E-state index is 0.0466. The van der Waals surface area contributed by atoms with Crippen molar-refractivity contribution < 1.29 is 31.8 Å². The van der Waals surface area contributed by atoms with Gasteiger partial charge in [-0.2, -0.15) is 8.42 Å². The molecule has 0 unspecified atom stereocenters. The van der Waals surface area contributed by atoms with Gasteiger partial charge in [-0.15, -0.1) is 0 Å². The van der Waals surface area contributed by atoms with Crippen molar-refractivity contribution in [3.63, 3.8) is 0 Å². The van der Waals surface area contributed by atoms with Gasteiger partial charge in [0.25, 0.3) is 0 Å². The van der Waals surface area contributed by atoms with Crippen LogP contribution in [0, 0.1) is 34.0 Å². The summed E-state index contributed by atoms with van der Waals surface area (Å²) in [5, 5.41) is 9.08. The van der Waals surface area contributed by atoms with E-state index in [-0.39, 0.29) is 29.2 Å². The number of fused-ring (bicyclic) bond motifs is 3. The minimum Gasteiger partial charge on any atom is -0.480 e. The zero-order chi connectivity index (χ0) is 26.5. The van der Waals surface area contributed by atoms with Gasteiger partial charge in [0.2, 0.25) is 5.91 Å². The lowest BCUT2D eigenvalue weighted by atomic mass is 9.39. The predicted molar refractivity (Wildman–Crippen MR) is 135 cm³/mol. The van der Waals surface area contributed by atoms with E-state index in [0.717, 1.165) is 36.8 Å². The summed E-state index contributed by atoms with van der Waals surface area (Å²) in [7, 11) is -4.59. The Morgan fingerprint density at radius 1 is 1.14 bits per heavy atom. The lowest BCUT2D eigenvalue weighted by Crippen LogP contribution is -2.58. The molecular weight excluding hydrogens is 482 g/mol. The Hall–Kier alpha value is -1.87. The Kier molecular flexibility index (Phi) is 7.14. The molecule has 9 heteroatoms. The smallest absolute Gasteiger partial charge is 0.445 e. The van der Waals surface area contributed by atoms with E-state index in [0.29, 0.717) is 36.6 Å². The fourth-order valence-electron chi connectivity index (χ4n) is 8.86. The molecule has 0 aromatic carbocycles. The van der Waals surface area contributed by atoms with Gasteiger partial charge in [0.1, 0.15) is 12.8 Å². The Labute approximate surface area is 215 Å². The van der Waals surface area contributed by atoms with Gasteiger partial charge in [0.15, 0.2) is 0 Å². The maximum atomic E-state index is 12.3. The summed E-state index contributed by atoms with van der Waals surface area (Å²) in [5.74, 6) is -0.127. The number of amides is 1. The molecule has 0 aromatic heterocycles. The van der Waals surface area contributed by atoms with Crippen molar-refractivity contribution in [2.24, 2.45) is 34.0 Å². The van der Waals surface area contributed by atoms with Gasteiger partial charge >= 0.3 is 16.4 Å². The Bertz CT molecular complexity index is 1080. The topological polar surface area (TPSA) is 121 Å². The van der Waals surface area contributed by atoms with Crippen molar-refractivity contribution in [2.75, 3.05) is 13.1 Å². The molecule has 3 aliphatic carbocycles. The van der Waals surface area contributed by atoms with Crippen LogP contribution in [0.4, 0.5) is 0 Å². The summed E-state index contributed by atoms with van der Waals surface area (Å²) in [4.78, 5) is 24.7. The quantitative estimate of drug-likeness (QED) is 0.356. The summed E-state index contributed by atoms with van der Waals surface area (Å²) >= 11 is 0. The molecular formula is C27H41NO7S. The first-order valence-electron chi connectivity index (χ1n) is 13.2. The van der Waals surface area contributed by atoms with Gasteiger partial charge in [-0.3, -0.25) is 14.1 Å². The molecule has 202 valence electrons. The molecule has 4 rings (SSSR count). The number of hydrogen-bond acceptors (Lipinski definition) is 5. The second kappa shape index (κ2) is 9.46. The van der Waals surface area contributed by atoms with Gasteiger partial charge in [-0.05, 0) is 96.5 Å². The highest BCUT2D eigenvalue weighted by molar-refractivity contribution is 7.81. The number of hydrogen-bond donors (Lipinski definition) is 2. The summed E-state index contributed by atoms with van der Waals surface area (Å²) in [6.45, 7) is 9.64. The maximum absolute atomic E-state index is 12.3. The zero-order valence-electron chi connectivity index (χ0n) is 22.0. The van der Waals surface area contributed by atoms with Crippen LogP contribution in [0.25, 0.3) is 0 Å². The van der Waals surface area contributed by atoms with E-state index in [1.54, 1.807) is 6.08 Å². The molecule has 5 atom stereocenters. The number of carboxylic acids is 1. The van der Waals surface area contributed by atoms with E-state index in [9.17, 15) is 22.6 Å². The second-order valence-electron chi connectivity index (χ2n) is 12.7. The van der Waals surface area contributed by atoms with Gasteiger partial charge in [-0.1, -0.05) is 34.1 Å². The number of carbonyl (C=O) groups excluding carboxylic acids is 1. The lowest BCUT2D eigenvalue weighted by Gasteiger charge is -2.66. The van der Waals surface area contributed by atoms with Crippen molar-refractivity contribution in [3.05, 3.63) is 23.5 Å². The molecule has 3 saturated carbocycles. The molecule has 0 radical (unpaired) electrons. The van der Waals surface area contributed by atoms with Crippen molar-refractivity contribution in [2.45, 2.75) is 85.5 Å². The number of carboxylic acid groups (broad SMARTS) is 1. The van der Waals surface area contributed by atoms with Crippen LogP contribution < -0.4 is 0 Å². The zero-order valence-corrected chi connectivity index (χ0v) is 22.8. The second-order valence-corrected chi connectivity index (χ2v) is 13.8. The van der Waals surface area contributed by atoms with Crippen LogP contribution >= 0.6 is 0 Å². The van der Waals surface area contributed by atoms with Crippen LogP contribution in [0.15, 0.2) is 23.5 Å². The van der Waals surface area contributed by atoms with E-state index in [4.69, 9.17) is 9.29 Å². The van der Waals surface area contributed by atoms with Crippen LogP contribution in [0.5, 0.6) is 0 Å². The molecule has 1 amide bonds. The SMILES string of the molecule is CC1(C)CCC[C@]2(C)[C@H]3CC/C(=C\OS(=O)(=O)O)[C@H](CCC4=CC(=O)N(CC(=O)O)C4)[C@@]3(C)CC[C@H]12. The Morgan fingerprint density at radius 2 is 1.86 bits per heavy atom. The largest absolute Gasteiger partial charge is 0.480 e. The van der Waals surface area contributed by atoms with Crippen LogP contribution in [-0.4, -0.2) is 47.9 Å². The number of aliphatic carboxylic acids is 1. The third kappa shape index (κ3) is 5.10. The molecule has 3 fully saturated rings. The fraction of sp³-hybridized carbons (Fsp3) is 0.778. The van der Waals surface area contributed by atoms with Gasteiger partial charge in [0, 0.05) is 12.6 Å². The molecule has 1 heterocycles. The monoisotopic (exact) mass is 523 g/mol. The standard InChI is InChI=1S/C27H41NO7S/c1-25(2)11-5-12-27(4)21(25)10-13-26(3)20(19(7-9-22(26)27)17-35-36(32,33)34)8-6-18-14-23(29)28(15-18)16-24(30)31/h14,17,20-22H,5-13,15-16H2,1-4H3,(H,30,31)(H,32,33,34)/b19-17+/t20-,21+,22-,26+,27-/m0/s1. The minimum atomic E-state index is -4.59. The highest BCUT2D eigenvalue weighted by atomic mass is 32.3. The first-order chi connectivity index (χ1) is 16.7. The highest BCUT2D eigenvalue weighted by Crippen LogP contribution is 2.69. The maximum Gasteiger partial charge on any atom is 0.445 e. The van der Waals surface area contributed by atoms with E-state index in [2.05, 4.69) is 27.7 Å². The van der Waals surface area contributed by atoms with E-state index >= 15 is 0 Å². The van der Waals surface area contributed by atoms with Crippen molar-refractivity contribution >= 4 is 22.3 Å². The molecule has 0 bridgehead atoms. The van der Waals surface area contributed by atoms with E-state index in [1.807, 2.05) is 0 Å². The third-order valence-corrected chi connectivity index (χ3v) is 10.6. The number of carbonyl (C=O) groups is 2. The number of allylic oxidation sites excluding steroid dienone is 1. The molecule has 1 aliphatic heterocycles. The fourth-order valence-corrected chi connectivity index (χ4v) is 9.11. The number of nitrogens with zero attached hydrogens (tertiary/aromatic N) is 1. The predicted octanol–water partition coefficient (Wildman–Crippen LogP) is 4.98.